The number of anilines is 1. The van der Waals surface area contributed by atoms with Gasteiger partial charge < -0.3 is 10.1 Å². The van der Waals surface area contributed by atoms with E-state index in [1.807, 2.05) is 31.2 Å². The largest absolute Gasteiger partial charge is 0.497 e. The van der Waals surface area contributed by atoms with Gasteiger partial charge in [-0.05, 0) is 55.7 Å². The molecule has 176 valence electrons. The molecule has 0 spiro atoms. The number of aryl methyl sites for hydroxylation is 2. The molecule has 0 radical (unpaired) electrons. The van der Waals surface area contributed by atoms with Crippen molar-refractivity contribution in [1.29, 1.82) is 0 Å². The highest BCUT2D eigenvalue weighted by atomic mass is 35.5. The third kappa shape index (κ3) is 7.11. The summed E-state index contributed by atoms with van der Waals surface area (Å²) in [6.07, 6.45) is 3.06. The molecule has 0 aliphatic rings. The molecule has 0 aliphatic carbocycles. The minimum Gasteiger partial charge on any atom is -0.497 e. The van der Waals surface area contributed by atoms with E-state index in [9.17, 15) is 4.39 Å². The van der Waals surface area contributed by atoms with Gasteiger partial charge in [-0.25, -0.2) is 9.37 Å². The SMILES string of the molecule is CCCC[C@H](C#CCNc1nc(-c2ccc(OC)cc2Cl)c(C)s1)c1ccc(C)c(F)c1.Cl. The predicted molar refractivity (Wildman–Crippen MR) is 141 cm³/mol. The molecule has 0 unspecified atom stereocenters. The summed E-state index contributed by atoms with van der Waals surface area (Å²) >= 11 is 7.99. The maximum Gasteiger partial charge on any atom is 0.184 e. The summed E-state index contributed by atoms with van der Waals surface area (Å²) in [7, 11) is 1.62. The van der Waals surface area contributed by atoms with E-state index in [0.717, 1.165) is 46.1 Å². The first kappa shape index (κ1) is 27.0. The Kier molecular flexibility index (Phi) is 10.5. The van der Waals surface area contributed by atoms with Gasteiger partial charge in [-0.1, -0.05) is 55.3 Å². The Bertz CT molecular complexity index is 1140. The minimum atomic E-state index is -0.174. The Morgan fingerprint density at radius 1 is 1.21 bits per heavy atom. The van der Waals surface area contributed by atoms with Crippen LogP contribution in [0, 0.1) is 31.5 Å². The number of nitrogens with one attached hydrogen (secondary N) is 1. The highest BCUT2D eigenvalue weighted by Gasteiger charge is 2.14. The van der Waals surface area contributed by atoms with Crippen LogP contribution in [0.15, 0.2) is 36.4 Å². The lowest BCUT2D eigenvalue weighted by Gasteiger charge is -2.11. The normalized spacial score (nSPS) is 11.2. The van der Waals surface area contributed by atoms with E-state index >= 15 is 0 Å². The third-order valence-electron chi connectivity index (χ3n) is 5.28. The number of nitrogens with zero attached hydrogens (tertiary/aromatic N) is 1. The fourth-order valence-corrected chi connectivity index (χ4v) is 4.47. The van der Waals surface area contributed by atoms with Gasteiger partial charge in [0, 0.05) is 16.4 Å². The molecule has 3 nitrogen and oxygen atoms in total. The van der Waals surface area contributed by atoms with Gasteiger partial charge in [0.25, 0.3) is 0 Å². The maximum atomic E-state index is 14.0. The molecule has 1 aromatic heterocycles. The molecule has 1 heterocycles. The van der Waals surface area contributed by atoms with Crippen molar-refractivity contribution in [3.8, 4) is 28.8 Å². The summed E-state index contributed by atoms with van der Waals surface area (Å²) in [5, 5.41) is 4.69. The summed E-state index contributed by atoms with van der Waals surface area (Å²) in [4.78, 5) is 5.78. The number of hydrogen-bond acceptors (Lipinski definition) is 4. The molecule has 1 N–H and O–H groups in total. The van der Waals surface area contributed by atoms with E-state index in [-0.39, 0.29) is 24.1 Å². The van der Waals surface area contributed by atoms with Crippen molar-refractivity contribution < 1.29 is 9.13 Å². The van der Waals surface area contributed by atoms with Crippen molar-refractivity contribution in [2.45, 2.75) is 46.0 Å². The zero-order chi connectivity index (χ0) is 23.1. The first-order valence-electron chi connectivity index (χ1n) is 10.7. The van der Waals surface area contributed by atoms with Gasteiger partial charge in [-0.2, -0.15) is 0 Å². The topological polar surface area (TPSA) is 34.2 Å². The van der Waals surface area contributed by atoms with Gasteiger partial charge in [-0.15, -0.1) is 23.7 Å². The number of aromatic nitrogens is 1. The number of hydrogen-bond donors (Lipinski definition) is 1. The first-order valence-corrected chi connectivity index (χ1v) is 11.9. The lowest BCUT2D eigenvalue weighted by atomic mass is 9.93. The molecule has 0 saturated heterocycles. The van der Waals surface area contributed by atoms with Crippen molar-refractivity contribution in [2.24, 2.45) is 0 Å². The second-order valence-corrected chi connectivity index (χ2v) is 9.26. The van der Waals surface area contributed by atoms with Crippen molar-refractivity contribution in [3.05, 3.63) is 63.2 Å². The van der Waals surface area contributed by atoms with Crippen LogP contribution in [0.1, 0.15) is 48.1 Å². The second-order valence-electron chi connectivity index (χ2n) is 7.65. The van der Waals surface area contributed by atoms with Gasteiger partial charge in [-0.3, -0.25) is 0 Å². The monoisotopic (exact) mass is 506 g/mol. The molecule has 33 heavy (non-hydrogen) atoms. The maximum absolute atomic E-state index is 14.0. The zero-order valence-electron chi connectivity index (χ0n) is 19.3. The van der Waals surface area contributed by atoms with Crippen LogP contribution in [-0.4, -0.2) is 18.6 Å². The number of benzene rings is 2. The predicted octanol–water partition coefficient (Wildman–Crippen LogP) is 8.04. The highest BCUT2D eigenvalue weighted by molar-refractivity contribution is 7.16. The smallest absolute Gasteiger partial charge is 0.184 e. The summed E-state index contributed by atoms with van der Waals surface area (Å²) in [5.41, 5.74) is 3.33. The molecule has 3 rings (SSSR count). The summed E-state index contributed by atoms with van der Waals surface area (Å²) in [6, 6.07) is 11.0. The zero-order valence-corrected chi connectivity index (χ0v) is 21.7. The van der Waals surface area contributed by atoms with E-state index in [2.05, 4.69) is 24.1 Å². The average Bonchev–Trinajstić information content (AvgIpc) is 3.15. The molecule has 7 heteroatoms. The van der Waals surface area contributed by atoms with Gasteiger partial charge in [0.05, 0.1) is 24.4 Å². The molecule has 2 aromatic carbocycles. The number of thiazole rings is 1. The van der Waals surface area contributed by atoms with Crippen LogP contribution in [0.3, 0.4) is 0 Å². The van der Waals surface area contributed by atoms with Crippen LogP contribution in [-0.2, 0) is 0 Å². The molecule has 0 fully saturated rings. The molecular weight excluding hydrogens is 478 g/mol. The quantitative estimate of drug-likeness (QED) is 0.313. The molecular formula is C26H29Cl2FN2OS. The van der Waals surface area contributed by atoms with Gasteiger partial charge in [0.2, 0.25) is 0 Å². The van der Waals surface area contributed by atoms with Crippen molar-refractivity contribution in [1.82, 2.24) is 4.98 Å². The molecule has 0 aliphatic heterocycles. The van der Waals surface area contributed by atoms with Gasteiger partial charge in [0.15, 0.2) is 5.13 Å². The van der Waals surface area contributed by atoms with E-state index in [1.165, 1.54) is 0 Å². The summed E-state index contributed by atoms with van der Waals surface area (Å²) in [6.45, 7) is 6.43. The lowest BCUT2D eigenvalue weighted by Crippen LogP contribution is -2.01. The number of halogens is 3. The fraction of sp³-hybridized carbons (Fsp3) is 0.346. The summed E-state index contributed by atoms with van der Waals surface area (Å²) < 4.78 is 19.3. The van der Waals surface area contributed by atoms with Crippen molar-refractivity contribution >= 4 is 40.5 Å². The standard InChI is InChI=1S/C26H28ClFN2OS.ClH/c1-5-6-8-19(20-11-10-17(2)24(28)15-20)9-7-14-29-26-30-25(18(3)32-26)22-13-12-21(31-4)16-23(22)27;/h10-13,15-16,19H,5-6,8,14H2,1-4H3,(H,29,30);1H/t19-;/m1./s1. The van der Waals surface area contributed by atoms with Crippen LogP contribution in [0.4, 0.5) is 9.52 Å². The number of ether oxygens (including phenoxy) is 1. The number of rotatable bonds is 8. The Morgan fingerprint density at radius 3 is 2.67 bits per heavy atom. The van der Waals surface area contributed by atoms with Crippen LogP contribution in [0.5, 0.6) is 5.75 Å². The lowest BCUT2D eigenvalue weighted by molar-refractivity contribution is 0.415. The van der Waals surface area contributed by atoms with Crippen molar-refractivity contribution in [2.75, 3.05) is 19.0 Å². The van der Waals surface area contributed by atoms with Gasteiger partial charge in [0.1, 0.15) is 11.6 Å². The van der Waals surface area contributed by atoms with Crippen LogP contribution < -0.4 is 10.1 Å². The minimum absolute atomic E-state index is 0. The van der Waals surface area contributed by atoms with E-state index in [1.54, 1.807) is 37.5 Å². The van der Waals surface area contributed by atoms with Crippen LogP contribution >= 0.6 is 35.3 Å². The van der Waals surface area contributed by atoms with E-state index in [4.69, 9.17) is 21.3 Å². The summed E-state index contributed by atoms with van der Waals surface area (Å²) in [5.74, 6) is 7.10. The molecule has 0 saturated carbocycles. The average molecular weight is 508 g/mol. The molecule has 1 atom stereocenters. The van der Waals surface area contributed by atoms with Gasteiger partial charge >= 0.3 is 0 Å². The Balaban J connectivity index is 0.00000385. The molecule has 3 aromatic rings. The Labute approximate surface area is 211 Å². The van der Waals surface area contributed by atoms with E-state index in [0.29, 0.717) is 22.9 Å². The number of methoxy groups -OCH3 is 1. The molecule has 0 amide bonds. The third-order valence-corrected chi connectivity index (χ3v) is 6.52. The molecule has 0 bridgehead atoms. The van der Waals surface area contributed by atoms with Crippen LogP contribution in [0.25, 0.3) is 11.3 Å². The Hall–Kier alpha value is -2.26. The van der Waals surface area contributed by atoms with Crippen molar-refractivity contribution in [3.63, 3.8) is 0 Å². The van der Waals surface area contributed by atoms with Crippen LogP contribution in [0.2, 0.25) is 5.02 Å². The number of unbranched alkanes of at least 4 members (excludes halogenated alkanes) is 1. The van der Waals surface area contributed by atoms with E-state index < -0.39 is 0 Å². The Morgan fingerprint density at radius 2 is 2.00 bits per heavy atom. The highest BCUT2D eigenvalue weighted by Crippen LogP contribution is 2.36. The fourth-order valence-electron chi connectivity index (χ4n) is 3.39. The first-order chi connectivity index (χ1) is 15.4. The second kappa shape index (κ2) is 12.8.